The Morgan fingerprint density at radius 1 is 1.10 bits per heavy atom. The minimum atomic E-state index is -4.59. The van der Waals surface area contributed by atoms with Crippen molar-refractivity contribution in [3.63, 3.8) is 0 Å². The maximum absolute atomic E-state index is 13.1. The Kier molecular flexibility index (Phi) is 6.24. The third-order valence-corrected chi connectivity index (χ3v) is 4.90. The van der Waals surface area contributed by atoms with Crippen molar-refractivity contribution in [3.05, 3.63) is 71.3 Å². The van der Waals surface area contributed by atoms with Crippen LogP contribution in [0.3, 0.4) is 0 Å². The Morgan fingerprint density at radius 3 is 2.38 bits per heavy atom. The van der Waals surface area contributed by atoms with Gasteiger partial charge >= 0.3 is 6.18 Å². The van der Waals surface area contributed by atoms with Crippen LogP contribution in [0.15, 0.2) is 70.2 Å². The summed E-state index contributed by atoms with van der Waals surface area (Å²) in [4.78, 5) is 0.752. The maximum Gasteiger partial charge on any atom is 0.430 e. The van der Waals surface area contributed by atoms with Gasteiger partial charge in [0.25, 0.3) is 0 Å². The lowest BCUT2D eigenvalue weighted by atomic mass is 10.1. The lowest BCUT2D eigenvalue weighted by Crippen LogP contribution is -2.31. The fourth-order valence-electron chi connectivity index (χ4n) is 2.76. The molecule has 0 amide bonds. The highest BCUT2D eigenvalue weighted by atomic mass is 32.2. The quantitative estimate of drug-likeness (QED) is 0.283. The number of nitrogens with one attached hydrogen (secondary N) is 1. The van der Waals surface area contributed by atoms with E-state index in [9.17, 15) is 13.2 Å². The Hall–Kier alpha value is -2.84. The van der Waals surface area contributed by atoms with Crippen LogP contribution in [0.25, 0.3) is 12.2 Å². The standard InChI is InChI=1S/C21H19F3N4S/c1-14(21(22,23)24)27-28(18-9-11-19(29-26)12-10-18)20(25)17-8-4-7-15-5-2-3-6-16(15)13-17/h2-7,9-13,25H,8,26H2,1H3/b25-20?,27-14+. The number of alkyl halides is 3. The van der Waals surface area contributed by atoms with Crippen molar-refractivity contribution in [2.75, 3.05) is 5.01 Å². The number of fused-ring (bicyclic) bond motifs is 1. The summed E-state index contributed by atoms with van der Waals surface area (Å²) in [6, 6.07) is 14.2. The van der Waals surface area contributed by atoms with Crippen molar-refractivity contribution in [2.24, 2.45) is 10.2 Å². The number of allylic oxidation sites excluding steroid dienone is 1. The summed E-state index contributed by atoms with van der Waals surface area (Å²) in [7, 11) is 0. The number of nitrogens with two attached hydrogens (primary N) is 1. The average molecular weight is 416 g/mol. The smallest absolute Gasteiger partial charge is 0.283 e. The number of hydrogen-bond donors (Lipinski definition) is 2. The number of hydrogen-bond acceptors (Lipinski definition) is 4. The number of nitrogens with zero attached hydrogens (tertiary/aromatic N) is 2. The highest BCUT2D eigenvalue weighted by Gasteiger charge is 2.33. The van der Waals surface area contributed by atoms with Crippen LogP contribution >= 0.6 is 11.9 Å². The van der Waals surface area contributed by atoms with E-state index >= 15 is 0 Å². The van der Waals surface area contributed by atoms with Gasteiger partial charge in [0.15, 0.2) is 0 Å². The number of benzene rings is 2. The molecule has 1 aliphatic rings. The van der Waals surface area contributed by atoms with E-state index in [0.29, 0.717) is 17.7 Å². The van der Waals surface area contributed by atoms with Crippen molar-refractivity contribution < 1.29 is 13.2 Å². The van der Waals surface area contributed by atoms with Gasteiger partial charge in [-0.25, -0.2) is 5.01 Å². The van der Waals surface area contributed by atoms with E-state index in [1.165, 1.54) is 0 Å². The lowest BCUT2D eigenvalue weighted by Gasteiger charge is -2.23. The number of anilines is 1. The van der Waals surface area contributed by atoms with Gasteiger partial charge in [-0.3, -0.25) is 10.5 Å². The molecule has 150 valence electrons. The van der Waals surface area contributed by atoms with Crippen LogP contribution < -0.4 is 10.1 Å². The average Bonchev–Trinajstić information content (AvgIpc) is 2.93. The van der Waals surface area contributed by atoms with Crippen molar-refractivity contribution in [3.8, 4) is 0 Å². The predicted molar refractivity (Wildman–Crippen MR) is 114 cm³/mol. The van der Waals surface area contributed by atoms with Gasteiger partial charge in [0.05, 0.1) is 5.69 Å². The van der Waals surface area contributed by atoms with Crippen LogP contribution in [0.4, 0.5) is 18.9 Å². The van der Waals surface area contributed by atoms with Crippen LogP contribution in [0.1, 0.15) is 24.5 Å². The summed E-state index contributed by atoms with van der Waals surface area (Å²) in [5.41, 5.74) is 1.75. The Morgan fingerprint density at radius 2 is 1.76 bits per heavy atom. The summed E-state index contributed by atoms with van der Waals surface area (Å²) < 4.78 is 39.4. The van der Waals surface area contributed by atoms with E-state index in [2.05, 4.69) is 5.10 Å². The molecule has 0 saturated heterocycles. The molecule has 0 saturated carbocycles. The molecule has 29 heavy (non-hydrogen) atoms. The summed E-state index contributed by atoms with van der Waals surface area (Å²) in [6.07, 6.45) is 1.46. The summed E-state index contributed by atoms with van der Waals surface area (Å²) in [5, 5.41) is 18.9. The van der Waals surface area contributed by atoms with Crippen molar-refractivity contribution in [2.45, 2.75) is 24.4 Å². The first-order valence-corrected chi connectivity index (χ1v) is 9.62. The number of hydrazone groups is 1. The Bertz CT molecular complexity index is 992. The first kappa shape index (κ1) is 20.9. The molecule has 0 atom stereocenters. The summed E-state index contributed by atoms with van der Waals surface area (Å²) in [5.74, 6) is -0.122. The molecule has 0 aromatic heterocycles. The molecular formula is C21H19F3N4S. The van der Waals surface area contributed by atoms with Gasteiger partial charge in [0.2, 0.25) is 0 Å². The van der Waals surface area contributed by atoms with Gasteiger partial charge in [-0.2, -0.15) is 18.3 Å². The third-order valence-electron chi connectivity index (χ3n) is 4.35. The number of amidine groups is 1. The zero-order chi connectivity index (χ0) is 21.0. The zero-order valence-electron chi connectivity index (χ0n) is 15.6. The molecule has 2 aromatic rings. The second-order valence-corrected chi connectivity index (χ2v) is 7.07. The summed E-state index contributed by atoms with van der Waals surface area (Å²) in [6.45, 7) is 0.890. The summed E-state index contributed by atoms with van der Waals surface area (Å²) >= 11 is 1.03. The normalized spacial score (nSPS) is 14.1. The van der Waals surface area contributed by atoms with Crippen LogP contribution in [-0.4, -0.2) is 17.7 Å². The van der Waals surface area contributed by atoms with Crippen LogP contribution in [0.5, 0.6) is 0 Å². The van der Waals surface area contributed by atoms with E-state index in [0.717, 1.165) is 39.9 Å². The molecule has 0 unspecified atom stereocenters. The molecule has 0 heterocycles. The highest BCUT2D eigenvalue weighted by Crippen LogP contribution is 2.27. The molecular weight excluding hydrogens is 397 g/mol. The van der Waals surface area contributed by atoms with Crippen molar-refractivity contribution in [1.29, 1.82) is 5.41 Å². The van der Waals surface area contributed by atoms with E-state index in [1.807, 2.05) is 42.5 Å². The van der Waals surface area contributed by atoms with Crippen LogP contribution in [-0.2, 0) is 0 Å². The number of halogens is 3. The molecule has 0 radical (unpaired) electrons. The van der Waals surface area contributed by atoms with E-state index in [-0.39, 0.29) is 5.84 Å². The van der Waals surface area contributed by atoms with Gasteiger partial charge in [-0.1, -0.05) is 36.4 Å². The molecule has 1 aliphatic carbocycles. The van der Waals surface area contributed by atoms with Crippen LogP contribution in [0, 0.1) is 5.41 Å². The van der Waals surface area contributed by atoms with Crippen molar-refractivity contribution >= 4 is 41.3 Å². The Labute approximate surface area is 171 Å². The minimum Gasteiger partial charge on any atom is -0.283 e. The number of rotatable bonds is 4. The maximum atomic E-state index is 13.1. The molecule has 3 rings (SSSR count). The largest absolute Gasteiger partial charge is 0.430 e. The molecule has 0 aliphatic heterocycles. The van der Waals surface area contributed by atoms with E-state index in [1.54, 1.807) is 24.3 Å². The minimum absolute atomic E-state index is 0.122. The lowest BCUT2D eigenvalue weighted by molar-refractivity contribution is -0.0593. The second-order valence-electron chi connectivity index (χ2n) is 6.36. The SMILES string of the molecule is C/C(=N\N(C(=N)C1=Cc2ccccc2C=CC1)c1ccc(SN)cc1)C(F)(F)F. The van der Waals surface area contributed by atoms with E-state index in [4.69, 9.17) is 10.5 Å². The Balaban J connectivity index is 2.04. The molecule has 3 N–H and O–H groups in total. The van der Waals surface area contributed by atoms with Gasteiger partial charge in [-0.15, -0.1) is 0 Å². The van der Waals surface area contributed by atoms with Gasteiger partial charge in [-0.05, 0) is 66.8 Å². The van der Waals surface area contributed by atoms with Crippen LogP contribution in [0.2, 0.25) is 0 Å². The monoisotopic (exact) mass is 416 g/mol. The molecule has 0 fully saturated rings. The van der Waals surface area contributed by atoms with Gasteiger partial charge < -0.3 is 0 Å². The third kappa shape index (κ3) is 4.96. The molecule has 8 heteroatoms. The topological polar surface area (TPSA) is 65.5 Å². The van der Waals surface area contributed by atoms with Crippen molar-refractivity contribution in [1.82, 2.24) is 0 Å². The fraction of sp³-hybridized carbons (Fsp3) is 0.143. The highest BCUT2D eigenvalue weighted by molar-refractivity contribution is 7.97. The predicted octanol–water partition coefficient (Wildman–Crippen LogP) is 5.87. The first-order chi connectivity index (χ1) is 13.8. The second kappa shape index (κ2) is 8.67. The molecule has 4 nitrogen and oxygen atoms in total. The fourth-order valence-corrected chi connectivity index (χ4v) is 3.06. The molecule has 0 bridgehead atoms. The molecule has 2 aromatic carbocycles. The molecule has 0 spiro atoms. The van der Waals surface area contributed by atoms with Gasteiger partial charge in [0.1, 0.15) is 11.5 Å². The van der Waals surface area contributed by atoms with Gasteiger partial charge in [0, 0.05) is 10.5 Å². The zero-order valence-corrected chi connectivity index (χ0v) is 16.4. The van der Waals surface area contributed by atoms with E-state index < -0.39 is 11.9 Å². The first-order valence-electron chi connectivity index (χ1n) is 8.74.